The standard InChI is InChI=1S/C20H26N2O2/c1-15-6-12-19(13-7-15)24-16(2)20(23)22(5)14-17-8-10-18(11-9-17)21(3)4/h6-13,16H,14H2,1-5H3. The number of nitrogens with zero attached hydrogens (tertiary/aromatic N) is 2. The van der Waals surface area contributed by atoms with Crippen molar-refractivity contribution in [2.45, 2.75) is 26.5 Å². The van der Waals surface area contributed by atoms with Gasteiger partial charge in [0.15, 0.2) is 6.10 Å². The smallest absolute Gasteiger partial charge is 0.263 e. The number of rotatable bonds is 6. The molecule has 2 aromatic carbocycles. The molecule has 4 heteroatoms. The van der Waals surface area contributed by atoms with Crippen molar-refractivity contribution in [2.75, 3.05) is 26.0 Å². The average Bonchev–Trinajstić information content (AvgIpc) is 2.56. The molecule has 0 N–H and O–H groups in total. The van der Waals surface area contributed by atoms with Crippen LogP contribution in [0.15, 0.2) is 48.5 Å². The van der Waals surface area contributed by atoms with Crippen molar-refractivity contribution in [3.8, 4) is 5.75 Å². The summed E-state index contributed by atoms with van der Waals surface area (Å²) in [6.07, 6.45) is -0.515. The van der Waals surface area contributed by atoms with E-state index in [1.54, 1.807) is 18.9 Å². The second kappa shape index (κ2) is 7.86. The molecule has 2 rings (SSSR count). The van der Waals surface area contributed by atoms with Crippen LogP contribution in [0.2, 0.25) is 0 Å². The quantitative estimate of drug-likeness (QED) is 0.815. The second-order valence-corrected chi connectivity index (χ2v) is 6.33. The van der Waals surface area contributed by atoms with Crippen LogP contribution in [0, 0.1) is 6.92 Å². The number of carbonyl (C=O) groups excluding carboxylic acids is 1. The summed E-state index contributed by atoms with van der Waals surface area (Å²) >= 11 is 0. The van der Waals surface area contributed by atoms with E-state index in [2.05, 4.69) is 17.0 Å². The maximum atomic E-state index is 12.5. The third-order valence-corrected chi connectivity index (χ3v) is 3.93. The highest BCUT2D eigenvalue weighted by molar-refractivity contribution is 5.80. The van der Waals surface area contributed by atoms with Gasteiger partial charge >= 0.3 is 0 Å². The van der Waals surface area contributed by atoms with Gasteiger partial charge in [0.1, 0.15) is 5.75 Å². The number of aryl methyl sites for hydroxylation is 1. The lowest BCUT2D eigenvalue weighted by atomic mass is 10.2. The number of likely N-dealkylation sites (N-methyl/N-ethyl adjacent to an activating group) is 1. The third-order valence-electron chi connectivity index (χ3n) is 3.93. The van der Waals surface area contributed by atoms with Crippen LogP contribution in [0.3, 0.4) is 0 Å². The molecule has 0 saturated carbocycles. The van der Waals surface area contributed by atoms with E-state index in [0.717, 1.165) is 11.3 Å². The van der Waals surface area contributed by atoms with E-state index in [1.165, 1.54) is 5.56 Å². The van der Waals surface area contributed by atoms with Crippen molar-refractivity contribution < 1.29 is 9.53 Å². The van der Waals surface area contributed by atoms with Gasteiger partial charge in [-0.25, -0.2) is 0 Å². The van der Waals surface area contributed by atoms with Gasteiger partial charge in [0, 0.05) is 33.4 Å². The van der Waals surface area contributed by atoms with Crippen LogP contribution in [0.1, 0.15) is 18.1 Å². The Morgan fingerprint density at radius 2 is 1.58 bits per heavy atom. The molecule has 0 spiro atoms. The molecule has 1 amide bonds. The summed E-state index contributed by atoms with van der Waals surface area (Å²) in [5.74, 6) is 0.678. The van der Waals surface area contributed by atoms with Crippen LogP contribution in [-0.4, -0.2) is 38.1 Å². The first kappa shape index (κ1) is 17.9. The van der Waals surface area contributed by atoms with E-state index in [1.807, 2.05) is 57.4 Å². The summed E-state index contributed by atoms with van der Waals surface area (Å²) in [6, 6.07) is 15.9. The summed E-state index contributed by atoms with van der Waals surface area (Å²) < 4.78 is 5.74. The number of benzene rings is 2. The Bertz CT molecular complexity index is 663. The lowest BCUT2D eigenvalue weighted by Gasteiger charge is -2.22. The highest BCUT2D eigenvalue weighted by atomic mass is 16.5. The molecule has 1 atom stereocenters. The van der Waals surface area contributed by atoms with Crippen LogP contribution in [-0.2, 0) is 11.3 Å². The Morgan fingerprint density at radius 1 is 1.00 bits per heavy atom. The number of carbonyl (C=O) groups is 1. The van der Waals surface area contributed by atoms with Crippen LogP contribution in [0.5, 0.6) is 5.75 Å². The summed E-state index contributed by atoms with van der Waals surface area (Å²) in [5, 5.41) is 0. The minimum absolute atomic E-state index is 0.0349. The van der Waals surface area contributed by atoms with Gasteiger partial charge in [-0.2, -0.15) is 0 Å². The minimum atomic E-state index is -0.515. The van der Waals surface area contributed by atoms with Crippen LogP contribution in [0.4, 0.5) is 5.69 Å². The molecule has 128 valence electrons. The molecule has 2 aromatic rings. The molecule has 1 unspecified atom stereocenters. The molecule has 0 saturated heterocycles. The fourth-order valence-corrected chi connectivity index (χ4v) is 2.43. The molecule has 24 heavy (non-hydrogen) atoms. The Kier molecular flexibility index (Phi) is 5.85. The first-order valence-corrected chi connectivity index (χ1v) is 8.11. The maximum Gasteiger partial charge on any atom is 0.263 e. The highest BCUT2D eigenvalue weighted by Gasteiger charge is 2.19. The third kappa shape index (κ3) is 4.75. The molecule has 0 bridgehead atoms. The summed E-state index contributed by atoms with van der Waals surface area (Å²) in [4.78, 5) is 16.2. The molecule has 0 aliphatic rings. The predicted octanol–water partition coefficient (Wildman–Crippen LogP) is 3.49. The van der Waals surface area contributed by atoms with Crippen molar-refractivity contribution in [3.05, 3.63) is 59.7 Å². The maximum absolute atomic E-state index is 12.5. The lowest BCUT2D eigenvalue weighted by Crippen LogP contribution is -2.37. The van der Waals surface area contributed by atoms with E-state index in [9.17, 15) is 4.79 Å². The Labute approximate surface area is 144 Å². The monoisotopic (exact) mass is 326 g/mol. The number of hydrogen-bond acceptors (Lipinski definition) is 3. The lowest BCUT2D eigenvalue weighted by molar-refractivity contribution is -0.137. The molecule has 0 radical (unpaired) electrons. The molecule has 0 aromatic heterocycles. The van der Waals surface area contributed by atoms with Crippen LogP contribution < -0.4 is 9.64 Å². The van der Waals surface area contributed by atoms with Crippen LogP contribution in [0.25, 0.3) is 0 Å². The second-order valence-electron chi connectivity index (χ2n) is 6.33. The van der Waals surface area contributed by atoms with E-state index in [0.29, 0.717) is 12.3 Å². The molecular weight excluding hydrogens is 300 g/mol. The van der Waals surface area contributed by atoms with Gasteiger partial charge in [0.25, 0.3) is 5.91 Å². The van der Waals surface area contributed by atoms with Gasteiger partial charge < -0.3 is 14.5 Å². The fourth-order valence-electron chi connectivity index (χ4n) is 2.43. The van der Waals surface area contributed by atoms with Crippen molar-refractivity contribution in [1.29, 1.82) is 0 Å². The van der Waals surface area contributed by atoms with Gasteiger partial charge in [-0.15, -0.1) is 0 Å². The van der Waals surface area contributed by atoms with Crippen molar-refractivity contribution in [1.82, 2.24) is 4.90 Å². The van der Waals surface area contributed by atoms with Crippen molar-refractivity contribution >= 4 is 11.6 Å². The van der Waals surface area contributed by atoms with E-state index in [4.69, 9.17) is 4.74 Å². The highest BCUT2D eigenvalue weighted by Crippen LogP contribution is 2.16. The predicted molar refractivity (Wildman–Crippen MR) is 98.5 cm³/mol. The summed E-state index contributed by atoms with van der Waals surface area (Å²) in [6.45, 7) is 4.37. The van der Waals surface area contributed by atoms with Gasteiger partial charge in [-0.3, -0.25) is 4.79 Å². The Morgan fingerprint density at radius 3 is 2.12 bits per heavy atom. The molecule has 4 nitrogen and oxygen atoms in total. The number of hydrogen-bond donors (Lipinski definition) is 0. The van der Waals surface area contributed by atoms with Gasteiger partial charge in [0.2, 0.25) is 0 Å². The van der Waals surface area contributed by atoms with Crippen molar-refractivity contribution in [2.24, 2.45) is 0 Å². The zero-order chi connectivity index (χ0) is 17.7. The average molecular weight is 326 g/mol. The summed E-state index contributed by atoms with van der Waals surface area (Å²) in [5.41, 5.74) is 3.41. The van der Waals surface area contributed by atoms with Gasteiger partial charge in [-0.05, 0) is 43.7 Å². The first-order valence-electron chi connectivity index (χ1n) is 8.11. The summed E-state index contributed by atoms with van der Waals surface area (Å²) in [7, 11) is 5.82. The molecule has 0 heterocycles. The largest absolute Gasteiger partial charge is 0.481 e. The van der Waals surface area contributed by atoms with E-state index >= 15 is 0 Å². The fraction of sp³-hybridized carbons (Fsp3) is 0.350. The molecular formula is C20H26N2O2. The van der Waals surface area contributed by atoms with Gasteiger partial charge in [-0.1, -0.05) is 29.8 Å². The van der Waals surface area contributed by atoms with E-state index in [-0.39, 0.29) is 5.91 Å². The van der Waals surface area contributed by atoms with Crippen LogP contribution >= 0.6 is 0 Å². The molecule has 0 aliphatic carbocycles. The Balaban J connectivity index is 1.94. The first-order chi connectivity index (χ1) is 11.4. The van der Waals surface area contributed by atoms with Gasteiger partial charge in [0.05, 0.1) is 0 Å². The zero-order valence-corrected chi connectivity index (χ0v) is 15.1. The Hall–Kier alpha value is -2.49. The zero-order valence-electron chi connectivity index (χ0n) is 15.1. The SMILES string of the molecule is Cc1ccc(OC(C)C(=O)N(C)Cc2ccc(N(C)C)cc2)cc1. The minimum Gasteiger partial charge on any atom is -0.481 e. The normalized spacial score (nSPS) is 11.7. The number of anilines is 1. The number of amides is 1. The van der Waals surface area contributed by atoms with Crippen molar-refractivity contribution in [3.63, 3.8) is 0 Å². The topological polar surface area (TPSA) is 32.8 Å². The van der Waals surface area contributed by atoms with E-state index < -0.39 is 6.10 Å². The molecule has 0 aliphatic heterocycles. The number of ether oxygens (including phenoxy) is 1. The molecule has 0 fully saturated rings.